The van der Waals surface area contributed by atoms with Crippen molar-refractivity contribution in [1.82, 2.24) is 14.5 Å². The topological polar surface area (TPSA) is 112 Å². The molecule has 9 nitrogen and oxygen atoms in total. The Morgan fingerprint density at radius 1 is 1.15 bits per heavy atom. The zero-order valence-electron chi connectivity index (χ0n) is 18.4. The molecule has 2 heterocycles. The van der Waals surface area contributed by atoms with Crippen molar-refractivity contribution >= 4 is 21.7 Å². The maximum Gasteiger partial charge on any atom is 0.333 e. The van der Waals surface area contributed by atoms with Crippen molar-refractivity contribution < 1.29 is 22.7 Å². The highest BCUT2D eigenvalue weighted by Gasteiger charge is 2.33. The summed E-state index contributed by atoms with van der Waals surface area (Å²) in [5.74, 6) is 0.776. The molecule has 2 N–H and O–H groups in total. The Labute approximate surface area is 192 Å². The summed E-state index contributed by atoms with van der Waals surface area (Å²) in [6.07, 6.45) is 9.38. The van der Waals surface area contributed by atoms with Crippen LogP contribution >= 0.6 is 0 Å². The molecule has 33 heavy (non-hydrogen) atoms. The number of carbonyl (C=O) groups excluding carboxylic acids is 1. The molecular weight excluding hydrogens is 444 g/mol. The number of rotatable bonds is 6. The van der Waals surface area contributed by atoms with Crippen molar-refractivity contribution in [3.05, 3.63) is 34.5 Å². The molecule has 176 valence electrons. The average Bonchev–Trinajstić information content (AvgIpc) is 3.16. The lowest BCUT2D eigenvalue weighted by molar-refractivity contribution is -0.0179. The van der Waals surface area contributed by atoms with E-state index < -0.39 is 16.1 Å². The van der Waals surface area contributed by atoms with Crippen LogP contribution < -0.4 is 14.8 Å². The Morgan fingerprint density at radius 3 is 2.58 bits per heavy atom. The Morgan fingerprint density at radius 2 is 1.88 bits per heavy atom. The lowest BCUT2D eigenvalue weighted by Gasteiger charge is -2.24. The molecular formula is C23H28N4O5S. The number of hydrogen-bond acceptors (Lipinski definition) is 6. The van der Waals surface area contributed by atoms with Crippen LogP contribution in [0, 0.1) is 5.92 Å². The zero-order chi connectivity index (χ0) is 22.6. The van der Waals surface area contributed by atoms with Gasteiger partial charge in [0.25, 0.3) is 10.0 Å². The van der Waals surface area contributed by atoms with E-state index in [1.807, 2.05) is 0 Å². The van der Waals surface area contributed by atoms with Crippen molar-refractivity contribution in [2.24, 2.45) is 5.92 Å². The van der Waals surface area contributed by atoms with Gasteiger partial charge in [-0.1, -0.05) is 6.07 Å². The number of aryl methyl sites for hydroxylation is 2. The summed E-state index contributed by atoms with van der Waals surface area (Å²) in [5.41, 5.74) is 5.63. The quantitative estimate of drug-likeness (QED) is 0.668. The van der Waals surface area contributed by atoms with Crippen molar-refractivity contribution in [1.29, 1.82) is 0 Å². The maximum absolute atomic E-state index is 13.0. The van der Waals surface area contributed by atoms with Crippen molar-refractivity contribution in [3.63, 3.8) is 0 Å². The Balaban J connectivity index is 1.17. The van der Waals surface area contributed by atoms with Crippen molar-refractivity contribution in [2.75, 3.05) is 18.5 Å². The molecule has 1 atom stereocenters. The van der Waals surface area contributed by atoms with E-state index in [0.29, 0.717) is 19.1 Å². The van der Waals surface area contributed by atoms with Crippen LogP contribution in [-0.2, 0) is 47.0 Å². The first-order chi connectivity index (χ1) is 16.0. The fourth-order valence-electron chi connectivity index (χ4n) is 5.18. The summed E-state index contributed by atoms with van der Waals surface area (Å²) in [4.78, 5) is 12.7. The Hall–Kier alpha value is -2.59. The van der Waals surface area contributed by atoms with Crippen molar-refractivity contribution in [3.8, 4) is 5.88 Å². The lowest BCUT2D eigenvalue weighted by atomic mass is 9.99. The second-order valence-corrected chi connectivity index (χ2v) is 11.2. The summed E-state index contributed by atoms with van der Waals surface area (Å²) in [5, 5.41) is 7.03. The van der Waals surface area contributed by atoms with Crippen LogP contribution in [-0.4, -0.2) is 43.5 Å². The highest BCUT2D eigenvalue weighted by Crippen LogP contribution is 2.38. The lowest BCUT2D eigenvalue weighted by Crippen LogP contribution is -2.36. The number of anilines is 1. The molecule has 3 aliphatic carbocycles. The van der Waals surface area contributed by atoms with E-state index >= 15 is 0 Å². The third-order valence-corrected chi connectivity index (χ3v) is 8.35. The van der Waals surface area contributed by atoms with Gasteiger partial charge in [0.05, 0.1) is 19.3 Å². The summed E-state index contributed by atoms with van der Waals surface area (Å²) >= 11 is 0. The molecule has 0 bridgehead atoms. The van der Waals surface area contributed by atoms with Crippen LogP contribution in [0.2, 0.25) is 0 Å². The molecule has 1 aliphatic heterocycles. The van der Waals surface area contributed by atoms with Crippen LogP contribution in [0.15, 0.2) is 17.2 Å². The highest BCUT2D eigenvalue weighted by molar-refractivity contribution is 7.90. The van der Waals surface area contributed by atoms with Gasteiger partial charge in [-0.3, -0.25) is 0 Å². The number of nitrogens with zero attached hydrogens (tertiary/aromatic N) is 2. The molecule has 2 aromatic rings. The summed E-state index contributed by atoms with van der Waals surface area (Å²) < 4.78 is 41.2. The summed E-state index contributed by atoms with van der Waals surface area (Å²) in [7, 11) is -4.15. The molecule has 0 radical (unpaired) electrons. The van der Waals surface area contributed by atoms with E-state index in [1.165, 1.54) is 34.8 Å². The molecule has 1 fully saturated rings. The summed E-state index contributed by atoms with van der Waals surface area (Å²) in [6.45, 7) is 1.38. The third-order valence-electron chi connectivity index (χ3n) is 7.03. The molecule has 4 aliphatic rings. The molecule has 1 aromatic heterocycles. The van der Waals surface area contributed by atoms with Crippen LogP contribution in [0.5, 0.6) is 5.88 Å². The number of benzene rings is 1. The number of sulfonamides is 1. The molecule has 0 saturated heterocycles. The molecule has 2 amide bonds. The monoisotopic (exact) mass is 472 g/mol. The number of urea groups is 1. The minimum absolute atomic E-state index is 0.137. The molecule has 1 aromatic carbocycles. The molecule has 6 rings (SSSR count). The number of fused-ring (bicyclic) bond motifs is 3. The first kappa shape index (κ1) is 21.0. The van der Waals surface area contributed by atoms with Gasteiger partial charge in [0.1, 0.15) is 12.7 Å². The number of carbonyl (C=O) groups is 1. The molecule has 10 heteroatoms. The Kier molecular flexibility index (Phi) is 5.10. The number of hydrogen-bond donors (Lipinski definition) is 2. The predicted octanol–water partition coefficient (Wildman–Crippen LogP) is 2.56. The minimum atomic E-state index is -4.15. The zero-order valence-corrected chi connectivity index (χ0v) is 19.2. The molecule has 0 spiro atoms. The number of nitrogens with one attached hydrogen (secondary N) is 2. The molecule has 1 saturated carbocycles. The van der Waals surface area contributed by atoms with E-state index in [-0.39, 0.29) is 23.5 Å². The van der Waals surface area contributed by atoms with Gasteiger partial charge in [0, 0.05) is 5.69 Å². The largest absolute Gasteiger partial charge is 0.474 e. The van der Waals surface area contributed by atoms with Gasteiger partial charge in [-0.05, 0) is 79.5 Å². The van der Waals surface area contributed by atoms with Gasteiger partial charge in [0.2, 0.25) is 5.88 Å². The smallest absolute Gasteiger partial charge is 0.333 e. The van der Waals surface area contributed by atoms with Gasteiger partial charge < -0.3 is 14.8 Å². The van der Waals surface area contributed by atoms with Crippen LogP contribution in [0.1, 0.15) is 47.9 Å². The second-order valence-electron chi connectivity index (χ2n) is 9.50. The number of aromatic nitrogens is 2. The number of ether oxygens (including phenoxy) is 2. The van der Waals surface area contributed by atoms with Gasteiger partial charge in [-0.2, -0.15) is 5.10 Å². The van der Waals surface area contributed by atoms with E-state index in [4.69, 9.17) is 9.47 Å². The van der Waals surface area contributed by atoms with Gasteiger partial charge >= 0.3 is 6.03 Å². The first-order valence-electron chi connectivity index (χ1n) is 11.8. The second kappa shape index (κ2) is 8.02. The summed E-state index contributed by atoms with van der Waals surface area (Å²) in [6, 6.07) is 1.51. The number of amides is 2. The highest BCUT2D eigenvalue weighted by atomic mass is 32.2. The van der Waals surface area contributed by atoms with Gasteiger partial charge in [0.15, 0.2) is 4.90 Å². The normalized spacial score (nSPS) is 21.2. The molecule has 1 unspecified atom stereocenters. The fraction of sp³-hybridized carbons (Fsp3) is 0.565. The maximum atomic E-state index is 13.0. The fourth-order valence-corrected chi connectivity index (χ4v) is 6.16. The average molecular weight is 473 g/mol. The Bertz CT molecular complexity index is 1190. The third kappa shape index (κ3) is 3.99. The van der Waals surface area contributed by atoms with Gasteiger partial charge in [-0.15, -0.1) is 0 Å². The van der Waals surface area contributed by atoms with Gasteiger partial charge in [-0.25, -0.2) is 22.6 Å². The SMILES string of the molecule is O=C(Nc1c2c(cc3c1CCC3)CCC2)NS(=O)(=O)c1cnn2c1OCC(OCC1CC1)C2. The van der Waals surface area contributed by atoms with Crippen LogP contribution in [0.4, 0.5) is 10.5 Å². The van der Waals surface area contributed by atoms with E-state index in [0.717, 1.165) is 55.3 Å². The van der Waals surface area contributed by atoms with E-state index in [1.54, 1.807) is 0 Å². The van der Waals surface area contributed by atoms with Crippen LogP contribution in [0.3, 0.4) is 0 Å². The first-order valence-corrected chi connectivity index (χ1v) is 13.3. The van der Waals surface area contributed by atoms with E-state index in [2.05, 4.69) is 21.2 Å². The predicted molar refractivity (Wildman–Crippen MR) is 120 cm³/mol. The van der Waals surface area contributed by atoms with E-state index in [9.17, 15) is 13.2 Å². The standard InChI is InChI=1S/C23H28N4O5S/c28-23(25-21-18-5-1-3-15(18)9-16-4-2-6-19(16)21)26-33(29,30)20-10-24-27-11-17(13-32-22(20)27)31-12-14-7-8-14/h9-10,14,17H,1-8,11-13H2,(H2,25,26,28). The van der Waals surface area contributed by atoms with Crippen molar-refractivity contribution in [2.45, 2.75) is 68.9 Å². The minimum Gasteiger partial charge on any atom is -0.474 e. The van der Waals surface area contributed by atoms with Crippen LogP contribution in [0.25, 0.3) is 0 Å².